The number of hydrogen-bond acceptors (Lipinski definition) is 3. The summed E-state index contributed by atoms with van der Waals surface area (Å²) >= 11 is 0. The Balaban J connectivity index is 2.33. The minimum absolute atomic E-state index is 0.00694. The Hall–Kier alpha value is -2.37. The molecule has 0 fully saturated rings. The summed E-state index contributed by atoms with van der Waals surface area (Å²) in [4.78, 5) is 15.0. The highest BCUT2D eigenvalue weighted by atomic mass is 19.4. The molecule has 2 aromatic rings. The average molecular weight is 295 g/mol. The molecule has 0 bridgehead atoms. The van der Waals surface area contributed by atoms with Crippen molar-refractivity contribution in [3.63, 3.8) is 0 Å². The Labute approximate surface area is 119 Å². The van der Waals surface area contributed by atoms with Crippen molar-refractivity contribution >= 4 is 6.29 Å². The molecule has 110 valence electrons. The number of carbonyl (C=O) groups excluding carboxylic acids is 1. The lowest BCUT2D eigenvalue weighted by molar-refractivity contribution is -0.153. The number of hydrogen-bond donors (Lipinski definition) is 0. The zero-order valence-electron chi connectivity index (χ0n) is 11.1. The lowest BCUT2D eigenvalue weighted by Gasteiger charge is -2.11. The van der Waals surface area contributed by atoms with Crippen molar-refractivity contribution < 1.29 is 22.7 Å². The van der Waals surface area contributed by atoms with Gasteiger partial charge in [-0.15, -0.1) is 0 Å². The van der Waals surface area contributed by atoms with Gasteiger partial charge in [0.15, 0.2) is 6.61 Å². The van der Waals surface area contributed by atoms with Gasteiger partial charge in [0.25, 0.3) is 0 Å². The third-order valence-corrected chi connectivity index (χ3v) is 2.71. The van der Waals surface area contributed by atoms with Crippen molar-refractivity contribution in [2.24, 2.45) is 0 Å². The van der Waals surface area contributed by atoms with Crippen molar-refractivity contribution in [2.45, 2.75) is 13.1 Å². The number of aryl methyl sites for hydroxylation is 1. The molecule has 3 nitrogen and oxygen atoms in total. The molecule has 21 heavy (non-hydrogen) atoms. The van der Waals surface area contributed by atoms with E-state index in [0.717, 1.165) is 5.69 Å². The van der Waals surface area contributed by atoms with Gasteiger partial charge in [-0.1, -0.05) is 6.07 Å². The molecule has 0 saturated heterocycles. The molecule has 0 aliphatic heterocycles. The Morgan fingerprint density at radius 2 is 1.95 bits per heavy atom. The second-order valence-corrected chi connectivity index (χ2v) is 4.50. The van der Waals surface area contributed by atoms with Gasteiger partial charge in [0, 0.05) is 23.0 Å². The van der Waals surface area contributed by atoms with Crippen LogP contribution >= 0.6 is 0 Å². The van der Waals surface area contributed by atoms with E-state index in [1.54, 1.807) is 24.4 Å². The van der Waals surface area contributed by atoms with Gasteiger partial charge >= 0.3 is 6.18 Å². The fourth-order valence-corrected chi connectivity index (χ4v) is 1.74. The Morgan fingerprint density at radius 1 is 1.19 bits per heavy atom. The number of carbonyl (C=O) groups is 1. The minimum Gasteiger partial charge on any atom is -0.484 e. The van der Waals surface area contributed by atoms with E-state index in [0.29, 0.717) is 17.4 Å². The van der Waals surface area contributed by atoms with Crippen LogP contribution in [-0.2, 0) is 0 Å². The number of aromatic nitrogens is 1. The zero-order chi connectivity index (χ0) is 15.5. The molecule has 0 atom stereocenters. The highest BCUT2D eigenvalue weighted by molar-refractivity contribution is 5.80. The SMILES string of the molecule is Cc1ccc(-c2cc(C=O)cc(OCC(F)(F)F)c2)cn1. The van der Waals surface area contributed by atoms with E-state index >= 15 is 0 Å². The van der Waals surface area contributed by atoms with Crippen molar-refractivity contribution in [3.8, 4) is 16.9 Å². The molecule has 0 aliphatic rings. The molecular weight excluding hydrogens is 283 g/mol. The van der Waals surface area contributed by atoms with Crippen LogP contribution in [0.1, 0.15) is 16.1 Å². The van der Waals surface area contributed by atoms with Crippen LogP contribution in [0.2, 0.25) is 0 Å². The van der Waals surface area contributed by atoms with Gasteiger partial charge in [-0.25, -0.2) is 0 Å². The summed E-state index contributed by atoms with van der Waals surface area (Å²) < 4.78 is 41.3. The van der Waals surface area contributed by atoms with Crippen LogP contribution in [0.15, 0.2) is 36.5 Å². The molecular formula is C15H12F3NO2. The Kier molecular flexibility index (Phi) is 4.26. The Morgan fingerprint density at radius 3 is 2.52 bits per heavy atom. The van der Waals surface area contributed by atoms with Crippen molar-refractivity contribution in [3.05, 3.63) is 47.8 Å². The van der Waals surface area contributed by atoms with Crippen molar-refractivity contribution in [1.29, 1.82) is 0 Å². The molecule has 1 aromatic heterocycles. The summed E-state index contributed by atoms with van der Waals surface area (Å²) in [5.41, 5.74) is 2.33. The third-order valence-electron chi connectivity index (χ3n) is 2.71. The number of rotatable bonds is 4. The summed E-state index contributed by atoms with van der Waals surface area (Å²) in [6, 6.07) is 7.84. The first-order chi connectivity index (χ1) is 9.87. The molecule has 0 unspecified atom stereocenters. The average Bonchev–Trinajstić information content (AvgIpc) is 2.45. The molecule has 1 aromatic carbocycles. The summed E-state index contributed by atoms with van der Waals surface area (Å²) in [5.74, 6) is -0.00694. The first-order valence-corrected chi connectivity index (χ1v) is 6.10. The predicted octanol–water partition coefficient (Wildman–Crippen LogP) is 3.81. The summed E-state index contributed by atoms with van der Waals surface area (Å²) in [7, 11) is 0. The third kappa shape index (κ3) is 4.30. The van der Waals surface area contributed by atoms with Gasteiger partial charge in [0.2, 0.25) is 0 Å². The van der Waals surface area contributed by atoms with Crippen LogP contribution in [0.5, 0.6) is 5.75 Å². The molecule has 0 radical (unpaired) electrons. The number of benzene rings is 1. The highest BCUT2D eigenvalue weighted by Gasteiger charge is 2.28. The van der Waals surface area contributed by atoms with E-state index in [4.69, 9.17) is 4.74 Å². The van der Waals surface area contributed by atoms with Gasteiger partial charge in [-0.3, -0.25) is 9.78 Å². The fourth-order valence-electron chi connectivity index (χ4n) is 1.74. The van der Waals surface area contributed by atoms with E-state index in [-0.39, 0.29) is 11.3 Å². The molecule has 6 heteroatoms. The van der Waals surface area contributed by atoms with Gasteiger partial charge in [0.05, 0.1) is 0 Å². The number of ether oxygens (including phenoxy) is 1. The van der Waals surface area contributed by atoms with E-state index in [1.807, 2.05) is 6.92 Å². The monoisotopic (exact) mass is 295 g/mol. The molecule has 0 aliphatic carbocycles. The van der Waals surface area contributed by atoms with Crippen LogP contribution < -0.4 is 4.74 Å². The van der Waals surface area contributed by atoms with E-state index in [9.17, 15) is 18.0 Å². The number of pyridine rings is 1. The standard InChI is InChI=1S/C15H12F3NO2/c1-10-2-3-12(7-19-10)13-4-11(8-20)5-14(6-13)21-9-15(16,17)18/h2-8H,9H2,1H3. The second kappa shape index (κ2) is 5.95. The van der Waals surface area contributed by atoms with Gasteiger partial charge in [-0.05, 0) is 36.8 Å². The quantitative estimate of drug-likeness (QED) is 0.805. The smallest absolute Gasteiger partial charge is 0.422 e. The molecule has 0 N–H and O–H groups in total. The predicted molar refractivity (Wildman–Crippen MR) is 71.3 cm³/mol. The van der Waals surface area contributed by atoms with E-state index in [2.05, 4.69) is 4.98 Å². The summed E-state index contributed by atoms with van der Waals surface area (Å²) in [6.45, 7) is 0.421. The Bertz CT molecular complexity index is 636. The van der Waals surface area contributed by atoms with Crippen LogP contribution in [0, 0.1) is 6.92 Å². The second-order valence-electron chi connectivity index (χ2n) is 4.50. The molecule has 1 heterocycles. The lowest BCUT2D eigenvalue weighted by atomic mass is 10.0. The zero-order valence-corrected chi connectivity index (χ0v) is 11.1. The van der Waals surface area contributed by atoms with E-state index < -0.39 is 12.8 Å². The first-order valence-electron chi connectivity index (χ1n) is 6.10. The maximum Gasteiger partial charge on any atom is 0.422 e. The fraction of sp³-hybridized carbons (Fsp3) is 0.200. The lowest BCUT2D eigenvalue weighted by Crippen LogP contribution is -2.19. The number of halogens is 3. The molecule has 0 spiro atoms. The first kappa shape index (κ1) is 15.0. The van der Waals surface area contributed by atoms with Crippen molar-refractivity contribution in [2.75, 3.05) is 6.61 Å². The normalized spacial score (nSPS) is 11.2. The number of nitrogens with zero attached hydrogens (tertiary/aromatic N) is 1. The minimum atomic E-state index is -4.43. The van der Waals surface area contributed by atoms with Crippen LogP contribution in [0.25, 0.3) is 11.1 Å². The summed E-state index contributed by atoms with van der Waals surface area (Å²) in [6.07, 6.45) is -2.28. The topological polar surface area (TPSA) is 39.2 Å². The largest absolute Gasteiger partial charge is 0.484 e. The summed E-state index contributed by atoms with van der Waals surface area (Å²) in [5, 5.41) is 0. The number of alkyl halides is 3. The van der Waals surface area contributed by atoms with Crippen molar-refractivity contribution in [1.82, 2.24) is 4.98 Å². The molecule has 0 amide bonds. The maximum atomic E-state index is 12.2. The van der Waals surface area contributed by atoms with E-state index in [1.165, 1.54) is 12.1 Å². The van der Waals surface area contributed by atoms with Gasteiger partial charge in [0.1, 0.15) is 12.0 Å². The van der Waals surface area contributed by atoms with Crippen LogP contribution in [0.3, 0.4) is 0 Å². The molecule has 2 rings (SSSR count). The number of aldehydes is 1. The molecule has 0 saturated carbocycles. The highest BCUT2D eigenvalue weighted by Crippen LogP contribution is 2.26. The van der Waals surface area contributed by atoms with Crippen LogP contribution in [0.4, 0.5) is 13.2 Å². The van der Waals surface area contributed by atoms with Crippen LogP contribution in [-0.4, -0.2) is 24.1 Å². The van der Waals surface area contributed by atoms with Gasteiger partial charge in [-0.2, -0.15) is 13.2 Å². The van der Waals surface area contributed by atoms with Gasteiger partial charge < -0.3 is 4.74 Å². The maximum absolute atomic E-state index is 12.2.